The van der Waals surface area contributed by atoms with E-state index in [1.807, 2.05) is 0 Å². The standard InChI is InChI=1S/C15H11Cl4NO2/c1-8(22-14-3-2-9(16)7-13(14)19)15(21)20-12-5-10(17)4-11(18)6-12/h2-8H,1H3,(H,20,21). The lowest BCUT2D eigenvalue weighted by atomic mass is 10.3. The van der Waals surface area contributed by atoms with Crippen LogP contribution in [0.25, 0.3) is 0 Å². The Bertz CT molecular complexity index is 686. The van der Waals surface area contributed by atoms with Gasteiger partial charge >= 0.3 is 0 Å². The number of ether oxygens (including phenoxy) is 1. The van der Waals surface area contributed by atoms with Gasteiger partial charge in [-0.15, -0.1) is 0 Å². The Morgan fingerprint density at radius 1 is 1.00 bits per heavy atom. The smallest absolute Gasteiger partial charge is 0.265 e. The van der Waals surface area contributed by atoms with Gasteiger partial charge in [-0.3, -0.25) is 4.79 Å². The lowest BCUT2D eigenvalue weighted by Crippen LogP contribution is -2.30. The van der Waals surface area contributed by atoms with Crippen molar-refractivity contribution in [1.82, 2.24) is 0 Å². The van der Waals surface area contributed by atoms with Crippen LogP contribution in [0.5, 0.6) is 5.75 Å². The van der Waals surface area contributed by atoms with Gasteiger partial charge in [0.25, 0.3) is 5.91 Å². The van der Waals surface area contributed by atoms with Gasteiger partial charge in [0.2, 0.25) is 0 Å². The third kappa shape index (κ3) is 4.68. The number of hydrogen-bond donors (Lipinski definition) is 1. The maximum atomic E-state index is 12.1. The van der Waals surface area contributed by atoms with Crippen LogP contribution in [0.15, 0.2) is 36.4 Å². The van der Waals surface area contributed by atoms with Crippen molar-refractivity contribution in [3.63, 3.8) is 0 Å². The lowest BCUT2D eigenvalue weighted by Gasteiger charge is -2.16. The molecule has 1 unspecified atom stereocenters. The van der Waals surface area contributed by atoms with Crippen LogP contribution in [0.1, 0.15) is 6.92 Å². The summed E-state index contributed by atoms with van der Waals surface area (Å²) in [5, 5.41) is 4.35. The van der Waals surface area contributed by atoms with Crippen molar-refractivity contribution in [2.24, 2.45) is 0 Å². The number of rotatable bonds is 4. The zero-order chi connectivity index (χ0) is 16.3. The van der Waals surface area contributed by atoms with Crippen molar-refractivity contribution >= 4 is 58.0 Å². The lowest BCUT2D eigenvalue weighted by molar-refractivity contribution is -0.122. The van der Waals surface area contributed by atoms with Gasteiger partial charge in [0.05, 0.1) is 5.02 Å². The predicted octanol–water partition coefficient (Wildman–Crippen LogP) is 5.71. The van der Waals surface area contributed by atoms with Crippen LogP contribution in [0.4, 0.5) is 5.69 Å². The van der Waals surface area contributed by atoms with Crippen LogP contribution < -0.4 is 10.1 Å². The minimum absolute atomic E-state index is 0.331. The van der Waals surface area contributed by atoms with E-state index in [1.165, 1.54) is 0 Å². The van der Waals surface area contributed by atoms with E-state index < -0.39 is 6.10 Å². The summed E-state index contributed by atoms with van der Waals surface area (Å²) in [5.74, 6) is 0.0159. The van der Waals surface area contributed by atoms with E-state index in [0.29, 0.717) is 31.5 Å². The van der Waals surface area contributed by atoms with E-state index in [1.54, 1.807) is 43.3 Å². The first-order valence-corrected chi connectivity index (χ1v) is 7.75. The highest BCUT2D eigenvalue weighted by atomic mass is 35.5. The Balaban J connectivity index is 2.05. The normalized spacial score (nSPS) is 11.9. The molecule has 0 fully saturated rings. The van der Waals surface area contributed by atoms with Gasteiger partial charge in [-0.1, -0.05) is 46.4 Å². The fourth-order valence-corrected chi connectivity index (χ4v) is 2.66. The summed E-state index contributed by atoms with van der Waals surface area (Å²) in [6.45, 7) is 1.60. The molecule has 2 rings (SSSR count). The first-order valence-electron chi connectivity index (χ1n) is 6.24. The van der Waals surface area contributed by atoms with Crippen molar-refractivity contribution in [3.05, 3.63) is 56.5 Å². The van der Waals surface area contributed by atoms with Crippen molar-refractivity contribution in [2.75, 3.05) is 5.32 Å². The summed E-state index contributed by atoms with van der Waals surface area (Å²) in [4.78, 5) is 12.1. The molecule has 0 radical (unpaired) electrons. The molecule has 0 aliphatic rings. The molecule has 22 heavy (non-hydrogen) atoms. The first-order chi connectivity index (χ1) is 10.3. The molecule has 0 aliphatic heterocycles. The van der Waals surface area contributed by atoms with Crippen molar-refractivity contribution in [3.8, 4) is 5.75 Å². The monoisotopic (exact) mass is 377 g/mol. The summed E-state index contributed by atoms with van der Waals surface area (Å²) in [7, 11) is 0. The molecule has 0 aliphatic carbocycles. The van der Waals surface area contributed by atoms with Gasteiger partial charge in [0, 0.05) is 20.8 Å². The fourth-order valence-electron chi connectivity index (χ4n) is 1.68. The van der Waals surface area contributed by atoms with Crippen LogP contribution in [0.3, 0.4) is 0 Å². The SMILES string of the molecule is CC(Oc1ccc(Cl)cc1Cl)C(=O)Nc1cc(Cl)cc(Cl)c1. The largest absolute Gasteiger partial charge is 0.479 e. The highest BCUT2D eigenvalue weighted by molar-refractivity contribution is 6.36. The average Bonchev–Trinajstić information content (AvgIpc) is 2.40. The van der Waals surface area contributed by atoms with Crippen molar-refractivity contribution < 1.29 is 9.53 Å². The molecule has 1 amide bonds. The van der Waals surface area contributed by atoms with Gasteiger partial charge in [0.1, 0.15) is 5.75 Å². The summed E-state index contributed by atoms with van der Waals surface area (Å²) < 4.78 is 5.53. The quantitative estimate of drug-likeness (QED) is 0.740. The molecule has 0 spiro atoms. The maximum Gasteiger partial charge on any atom is 0.265 e. The molecule has 0 heterocycles. The van der Waals surface area contributed by atoms with Gasteiger partial charge in [-0.05, 0) is 43.3 Å². The molecule has 1 atom stereocenters. The molecule has 0 saturated heterocycles. The van der Waals surface area contributed by atoms with E-state index in [2.05, 4.69) is 5.32 Å². The van der Waals surface area contributed by atoms with E-state index in [4.69, 9.17) is 51.1 Å². The second-order valence-corrected chi connectivity index (χ2v) is 6.20. The second-order valence-electron chi connectivity index (χ2n) is 4.48. The molecule has 0 saturated carbocycles. The van der Waals surface area contributed by atoms with Gasteiger partial charge in [-0.25, -0.2) is 0 Å². The number of carbonyl (C=O) groups is 1. The second kappa shape index (κ2) is 7.42. The fraction of sp³-hybridized carbons (Fsp3) is 0.133. The van der Waals surface area contributed by atoms with E-state index in [9.17, 15) is 4.79 Å². The predicted molar refractivity (Wildman–Crippen MR) is 91.6 cm³/mol. The third-order valence-electron chi connectivity index (χ3n) is 2.70. The van der Waals surface area contributed by atoms with Crippen molar-refractivity contribution in [1.29, 1.82) is 0 Å². The highest BCUT2D eigenvalue weighted by Crippen LogP contribution is 2.28. The summed E-state index contributed by atoms with van der Waals surface area (Å²) >= 11 is 23.6. The zero-order valence-corrected chi connectivity index (χ0v) is 14.4. The Labute approximate surface area is 148 Å². The highest BCUT2D eigenvalue weighted by Gasteiger charge is 2.17. The molecular weight excluding hydrogens is 368 g/mol. The van der Waals surface area contributed by atoms with E-state index in [-0.39, 0.29) is 5.91 Å². The summed E-state index contributed by atoms with van der Waals surface area (Å²) in [6.07, 6.45) is -0.767. The molecular formula is C15H11Cl4NO2. The van der Waals surface area contributed by atoms with E-state index in [0.717, 1.165) is 0 Å². The first kappa shape index (κ1) is 17.2. The van der Waals surface area contributed by atoms with Crippen LogP contribution in [-0.4, -0.2) is 12.0 Å². The molecule has 1 N–H and O–H groups in total. The Morgan fingerprint density at radius 2 is 1.64 bits per heavy atom. The minimum Gasteiger partial charge on any atom is -0.479 e. The number of nitrogens with one attached hydrogen (secondary N) is 1. The van der Waals surface area contributed by atoms with Crippen LogP contribution >= 0.6 is 46.4 Å². The summed E-state index contributed by atoms with van der Waals surface area (Å²) in [5.41, 5.74) is 0.486. The average molecular weight is 379 g/mol. The third-order valence-corrected chi connectivity index (χ3v) is 3.66. The summed E-state index contributed by atoms with van der Waals surface area (Å²) in [6, 6.07) is 9.53. The number of halogens is 4. The van der Waals surface area contributed by atoms with Crippen LogP contribution in [-0.2, 0) is 4.79 Å². The van der Waals surface area contributed by atoms with Gasteiger partial charge in [-0.2, -0.15) is 0 Å². The Hall–Kier alpha value is -1.13. The Morgan fingerprint density at radius 3 is 2.23 bits per heavy atom. The van der Waals surface area contributed by atoms with Crippen LogP contribution in [0.2, 0.25) is 20.1 Å². The molecule has 3 nitrogen and oxygen atoms in total. The molecule has 0 bridgehead atoms. The minimum atomic E-state index is -0.767. The van der Waals surface area contributed by atoms with Gasteiger partial charge < -0.3 is 10.1 Å². The van der Waals surface area contributed by atoms with Crippen LogP contribution in [0, 0.1) is 0 Å². The topological polar surface area (TPSA) is 38.3 Å². The zero-order valence-electron chi connectivity index (χ0n) is 11.4. The van der Waals surface area contributed by atoms with E-state index >= 15 is 0 Å². The Kier molecular flexibility index (Phi) is 5.81. The number of carbonyl (C=O) groups excluding carboxylic acids is 1. The number of hydrogen-bond acceptors (Lipinski definition) is 2. The molecule has 116 valence electrons. The number of amides is 1. The van der Waals surface area contributed by atoms with Crippen molar-refractivity contribution in [2.45, 2.75) is 13.0 Å². The van der Waals surface area contributed by atoms with Gasteiger partial charge in [0.15, 0.2) is 6.10 Å². The molecule has 7 heteroatoms. The molecule has 2 aromatic carbocycles. The molecule has 2 aromatic rings. The maximum absolute atomic E-state index is 12.1. The number of benzene rings is 2. The number of anilines is 1. The molecule has 0 aromatic heterocycles.